The van der Waals surface area contributed by atoms with Gasteiger partial charge in [0.1, 0.15) is 5.72 Å². The van der Waals surface area contributed by atoms with Crippen LogP contribution in [0.2, 0.25) is 0 Å². The lowest BCUT2D eigenvalue weighted by Crippen LogP contribution is -2.58. The molecule has 0 aliphatic carbocycles. The quantitative estimate of drug-likeness (QED) is 0.709. The van der Waals surface area contributed by atoms with Gasteiger partial charge in [-0.3, -0.25) is 5.32 Å². The van der Waals surface area contributed by atoms with Crippen LogP contribution >= 0.6 is 0 Å². The number of nitrogens with two attached hydrogens (primary N) is 1. The summed E-state index contributed by atoms with van der Waals surface area (Å²) in [6, 6.07) is 0.317. The molecule has 1 rings (SSSR count). The second-order valence-corrected chi connectivity index (χ2v) is 5.96. The van der Waals surface area contributed by atoms with Crippen LogP contribution in [-0.4, -0.2) is 23.9 Å². The van der Waals surface area contributed by atoms with Gasteiger partial charge in [-0.2, -0.15) is 0 Å². The van der Waals surface area contributed by atoms with E-state index < -0.39 is 0 Å². The SMILES string of the molecule is CC1(C)NC(C(C)(C)C(C)(C)N)CO1. The lowest BCUT2D eigenvalue weighted by Gasteiger charge is -2.43. The van der Waals surface area contributed by atoms with E-state index in [9.17, 15) is 0 Å². The van der Waals surface area contributed by atoms with E-state index in [1.807, 2.05) is 13.8 Å². The van der Waals surface area contributed by atoms with Crippen molar-refractivity contribution < 1.29 is 4.74 Å². The third-order valence-electron chi connectivity index (χ3n) is 3.66. The van der Waals surface area contributed by atoms with Gasteiger partial charge in [0, 0.05) is 11.6 Å². The Kier molecular flexibility index (Phi) is 2.72. The molecule has 0 bridgehead atoms. The summed E-state index contributed by atoms with van der Waals surface area (Å²) in [5.74, 6) is 0. The number of hydrogen-bond acceptors (Lipinski definition) is 3. The molecule has 1 heterocycles. The Morgan fingerprint density at radius 1 is 1.29 bits per heavy atom. The standard InChI is InChI=1S/C11H24N2O/c1-9(2,10(3,4)12)8-7-14-11(5,6)13-8/h8,13H,7,12H2,1-6H3. The second-order valence-electron chi connectivity index (χ2n) is 5.96. The summed E-state index contributed by atoms with van der Waals surface area (Å²) >= 11 is 0. The van der Waals surface area contributed by atoms with Crippen LogP contribution in [0.4, 0.5) is 0 Å². The number of hydrogen-bond donors (Lipinski definition) is 2. The zero-order valence-corrected chi connectivity index (χ0v) is 10.3. The van der Waals surface area contributed by atoms with E-state index in [1.165, 1.54) is 0 Å². The van der Waals surface area contributed by atoms with E-state index in [0.29, 0.717) is 6.04 Å². The first kappa shape index (κ1) is 12.0. The first-order chi connectivity index (χ1) is 6.06. The van der Waals surface area contributed by atoms with Crippen molar-refractivity contribution in [2.45, 2.75) is 58.8 Å². The van der Waals surface area contributed by atoms with E-state index in [4.69, 9.17) is 10.5 Å². The number of nitrogens with one attached hydrogen (secondary N) is 1. The monoisotopic (exact) mass is 200 g/mol. The van der Waals surface area contributed by atoms with Gasteiger partial charge >= 0.3 is 0 Å². The van der Waals surface area contributed by atoms with Crippen molar-refractivity contribution in [3.63, 3.8) is 0 Å². The fraction of sp³-hybridized carbons (Fsp3) is 1.00. The molecular formula is C11H24N2O. The summed E-state index contributed by atoms with van der Waals surface area (Å²) < 4.78 is 5.67. The minimum absolute atomic E-state index is 0.0147. The fourth-order valence-corrected chi connectivity index (χ4v) is 1.63. The molecule has 0 aromatic carbocycles. The van der Waals surface area contributed by atoms with Crippen LogP contribution in [0.15, 0.2) is 0 Å². The molecule has 0 saturated carbocycles. The van der Waals surface area contributed by atoms with Crippen molar-refractivity contribution in [1.82, 2.24) is 5.32 Å². The highest BCUT2D eigenvalue weighted by molar-refractivity contribution is 5.01. The van der Waals surface area contributed by atoms with Crippen molar-refractivity contribution in [2.75, 3.05) is 6.61 Å². The maximum Gasteiger partial charge on any atom is 0.113 e. The van der Waals surface area contributed by atoms with Crippen molar-refractivity contribution in [2.24, 2.45) is 11.1 Å². The van der Waals surface area contributed by atoms with E-state index in [2.05, 4.69) is 33.0 Å². The van der Waals surface area contributed by atoms with Gasteiger partial charge in [0.25, 0.3) is 0 Å². The van der Waals surface area contributed by atoms with Crippen LogP contribution in [0.3, 0.4) is 0 Å². The van der Waals surface area contributed by atoms with Gasteiger partial charge in [-0.25, -0.2) is 0 Å². The molecule has 0 spiro atoms. The lowest BCUT2D eigenvalue weighted by atomic mass is 9.70. The second kappa shape index (κ2) is 3.19. The normalized spacial score (nSPS) is 28.1. The summed E-state index contributed by atoms with van der Waals surface area (Å²) in [6.45, 7) is 13.4. The third kappa shape index (κ3) is 2.10. The Balaban J connectivity index is 2.77. The minimum atomic E-state index is -0.215. The van der Waals surface area contributed by atoms with Gasteiger partial charge in [-0.15, -0.1) is 0 Å². The highest BCUT2D eigenvalue weighted by atomic mass is 16.5. The summed E-state index contributed by atoms with van der Waals surface area (Å²) in [4.78, 5) is 0. The maximum absolute atomic E-state index is 6.19. The molecule has 14 heavy (non-hydrogen) atoms. The highest BCUT2D eigenvalue weighted by Crippen LogP contribution is 2.36. The molecule has 3 heteroatoms. The van der Waals surface area contributed by atoms with Gasteiger partial charge in [0.15, 0.2) is 0 Å². The van der Waals surface area contributed by atoms with E-state index in [-0.39, 0.29) is 16.7 Å². The van der Waals surface area contributed by atoms with Crippen LogP contribution in [-0.2, 0) is 4.74 Å². The Hall–Kier alpha value is -0.120. The molecule has 1 atom stereocenters. The van der Waals surface area contributed by atoms with Crippen LogP contribution in [0.25, 0.3) is 0 Å². The fourth-order valence-electron chi connectivity index (χ4n) is 1.63. The molecule has 0 amide bonds. The summed E-state index contributed by atoms with van der Waals surface area (Å²) in [5, 5.41) is 3.47. The molecule has 1 aliphatic rings. The smallest absolute Gasteiger partial charge is 0.113 e. The summed E-state index contributed by atoms with van der Waals surface area (Å²) in [7, 11) is 0. The predicted octanol–water partition coefficient (Wildman–Crippen LogP) is 1.47. The first-order valence-corrected chi connectivity index (χ1v) is 5.27. The molecule has 84 valence electrons. The zero-order valence-electron chi connectivity index (χ0n) is 10.3. The maximum atomic E-state index is 6.19. The highest BCUT2D eigenvalue weighted by Gasteiger charge is 2.46. The predicted molar refractivity (Wildman–Crippen MR) is 59.0 cm³/mol. The third-order valence-corrected chi connectivity index (χ3v) is 3.66. The first-order valence-electron chi connectivity index (χ1n) is 5.27. The molecule has 3 N–H and O–H groups in total. The Bertz CT molecular complexity index is 216. The van der Waals surface area contributed by atoms with Gasteiger partial charge in [-0.1, -0.05) is 13.8 Å². The van der Waals surface area contributed by atoms with Gasteiger partial charge < -0.3 is 10.5 Å². The molecule has 0 aromatic rings. The van der Waals surface area contributed by atoms with Crippen LogP contribution < -0.4 is 11.1 Å². The molecule has 0 aromatic heterocycles. The lowest BCUT2D eigenvalue weighted by molar-refractivity contribution is 0.0223. The largest absolute Gasteiger partial charge is 0.360 e. The van der Waals surface area contributed by atoms with Crippen LogP contribution in [0, 0.1) is 5.41 Å². The summed E-state index contributed by atoms with van der Waals surface area (Å²) in [6.07, 6.45) is 0. The molecular weight excluding hydrogens is 176 g/mol. The van der Waals surface area contributed by atoms with Gasteiger partial charge in [0.05, 0.1) is 6.61 Å². The van der Waals surface area contributed by atoms with E-state index in [0.717, 1.165) is 6.61 Å². The van der Waals surface area contributed by atoms with E-state index in [1.54, 1.807) is 0 Å². The Morgan fingerprint density at radius 2 is 1.79 bits per heavy atom. The number of rotatable bonds is 2. The Labute approximate surface area is 87.4 Å². The molecule has 1 aliphatic heterocycles. The average Bonchev–Trinajstić information content (AvgIpc) is 2.28. The molecule has 1 saturated heterocycles. The number of ether oxygens (including phenoxy) is 1. The topological polar surface area (TPSA) is 47.3 Å². The van der Waals surface area contributed by atoms with Gasteiger partial charge in [0.2, 0.25) is 0 Å². The molecule has 0 radical (unpaired) electrons. The minimum Gasteiger partial charge on any atom is -0.360 e. The zero-order chi connectivity index (χ0) is 11.2. The van der Waals surface area contributed by atoms with Crippen molar-refractivity contribution in [3.05, 3.63) is 0 Å². The van der Waals surface area contributed by atoms with Crippen molar-refractivity contribution >= 4 is 0 Å². The average molecular weight is 200 g/mol. The van der Waals surface area contributed by atoms with Crippen molar-refractivity contribution in [3.8, 4) is 0 Å². The van der Waals surface area contributed by atoms with Gasteiger partial charge in [-0.05, 0) is 33.1 Å². The molecule has 1 unspecified atom stereocenters. The van der Waals surface area contributed by atoms with Crippen LogP contribution in [0.5, 0.6) is 0 Å². The molecule has 1 fully saturated rings. The van der Waals surface area contributed by atoms with Crippen molar-refractivity contribution in [1.29, 1.82) is 0 Å². The summed E-state index contributed by atoms with van der Waals surface area (Å²) in [5.41, 5.74) is 5.77. The van der Waals surface area contributed by atoms with Crippen LogP contribution in [0.1, 0.15) is 41.5 Å². The Morgan fingerprint density at radius 3 is 2.07 bits per heavy atom. The molecule has 3 nitrogen and oxygen atoms in total. The van der Waals surface area contributed by atoms with E-state index >= 15 is 0 Å².